The van der Waals surface area contributed by atoms with Crippen molar-refractivity contribution in [2.45, 2.75) is 27.7 Å². The number of ketones is 1. The van der Waals surface area contributed by atoms with E-state index < -0.39 is 7.14 Å². The Morgan fingerprint density at radius 3 is 1.40 bits per heavy atom. The van der Waals surface area contributed by atoms with E-state index in [4.69, 9.17) is 23.7 Å². The molecule has 0 saturated carbocycles. The Labute approximate surface area is 266 Å². The van der Waals surface area contributed by atoms with Crippen LogP contribution in [0.25, 0.3) is 0 Å². The topological polar surface area (TPSA) is 86.8 Å². The van der Waals surface area contributed by atoms with Crippen LogP contribution in [-0.4, -0.2) is 84.8 Å². The lowest BCUT2D eigenvalue weighted by Gasteiger charge is -2.34. The first-order chi connectivity index (χ1) is 22.0. The third-order valence-corrected chi connectivity index (χ3v) is 11.4. The van der Waals surface area contributed by atoms with Crippen LogP contribution in [0.1, 0.15) is 43.6 Å². The Hall–Kier alpha value is -3.36. The fraction of sp³-hybridized carbons (Fsp3) is 0.457. The number of hydrogen-bond acceptors (Lipinski definition) is 9. The first kappa shape index (κ1) is 33.0. The fourth-order valence-corrected chi connectivity index (χ4v) is 9.12. The molecule has 0 N–H and O–H groups in total. The van der Waals surface area contributed by atoms with Crippen molar-refractivity contribution in [2.24, 2.45) is 0 Å². The molecule has 0 aromatic heterocycles. The minimum Gasteiger partial charge on any atom is -0.490 e. The second kappa shape index (κ2) is 15.3. The zero-order valence-corrected chi connectivity index (χ0v) is 27.8. The zero-order valence-electron chi connectivity index (χ0n) is 26.9. The van der Waals surface area contributed by atoms with Crippen molar-refractivity contribution in [2.75, 3.05) is 88.8 Å². The summed E-state index contributed by atoms with van der Waals surface area (Å²) >= 11 is 0. The van der Waals surface area contributed by atoms with E-state index >= 15 is 4.57 Å². The highest BCUT2D eigenvalue weighted by Gasteiger charge is 2.45. The second-order valence-corrected chi connectivity index (χ2v) is 13.5. The van der Waals surface area contributed by atoms with Gasteiger partial charge in [-0.25, -0.2) is 0 Å². The van der Waals surface area contributed by atoms with Crippen LogP contribution in [0.2, 0.25) is 0 Å². The maximum Gasteiger partial charge on any atom is 0.202 e. The van der Waals surface area contributed by atoms with Crippen LogP contribution in [0.15, 0.2) is 54.6 Å². The van der Waals surface area contributed by atoms with Crippen molar-refractivity contribution < 1.29 is 33.0 Å². The van der Waals surface area contributed by atoms with Gasteiger partial charge in [-0.1, -0.05) is 30.3 Å². The molecular weight excluding hydrogens is 591 g/mol. The first-order valence-electron chi connectivity index (χ1n) is 16.0. The molecule has 0 saturated heterocycles. The molecule has 0 amide bonds. The largest absolute Gasteiger partial charge is 0.490 e. The van der Waals surface area contributed by atoms with Crippen LogP contribution in [0.4, 0.5) is 11.4 Å². The number of rotatable bonds is 7. The third kappa shape index (κ3) is 6.77. The highest BCUT2D eigenvalue weighted by Crippen LogP contribution is 2.52. The number of hydrogen-bond donors (Lipinski definition) is 0. The second-order valence-electron chi connectivity index (χ2n) is 10.8. The molecule has 2 aliphatic rings. The summed E-state index contributed by atoms with van der Waals surface area (Å²) in [6, 6.07) is 17.1. The van der Waals surface area contributed by atoms with Crippen molar-refractivity contribution in [3.8, 4) is 11.5 Å². The van der Waals surface area contributed by atoms with Gasteiger partial charge in [0.25, 0.3) is 0 Å². The number of benzene rings is 3. The van der Waals surface area contributed by atoms with Crippen LogP contribution in [0, 0.1) is 0 Å². The van der Waals surface area contributed by atoms with Crippen molar-refractivity contribution >= 4 is 40.2 Å². The molecule has 5 rings (SSSR count). The molecule has 242 valence electrons. The predicted octanol–water partition coefficient (Wildman–Crippen LogP) is 4.38. The third-order valence-electron chi connectivity index (χ3n) is 8.36. The molecule has 45 heavy (non-hydrogen) atoms. The van der Waals surface area contributed by atoms with Gasteiger partial charge in [-0.3, -0.25) is 4.79 Å². The molecule has 2 bridgehead atoms. The molecule has 10 heteroatoms. The number of anilines is 2. The SMILES string of the molecule is CCN(CC)c1cc2c3c(c1)P(=O)(c1ccccc1)c1cc(N(CC)CC)cc(c1C3=O)OCCOCCOCCOCCO2. The Balaban J connectivity index is 1.80. The summed E-state index contributed by atoms with van der Waals surface area (Å²) in [7, 11) is -3.61. The van der Waals surface area contributed by atoms with E-state index in [1.165, 1.54) is 0 Å². The molecule has 3 aromatic rings. The van der Waals surface area contributed by atoms with Crippen molar-refractivity contribution in [1.82, 2.24) is 0 Å². The minimum absolute atomic E-state index is 0.220. The van der Waals surface area contributed by atoms with E-state index in [2.05, 4.69) is 37.5 Å². The molecule has 0 aliphatic carbocycles. The smallest absolute Gasteiger partial charge is 0.202 e. The Morgan fingerprint density at radius 2 is 1.00 bits per heavy atom. The summed E-state index contributed by atoms with van der Waals surface area (Å²) in [6.07, 6.45) is 0. The number of ether oxygens (including phenoxy) is 5. The van der Waals surface area contributed by atoms with Gasteiger partial charge in [0.05, 0.1) is 50.8 Å². The lowest BCUT2D eigenvalue weighted by atomic mass is 9.99. The summed E-state index contributed by atoms with van der Waals surface area (Å²) in [5.74, 6) is 0.523. The lowest BCUT2D eigenvalue weighted by molar-refractivity contribution is 0.00485. The minimum atomic E-state index is -3.61. The van der Waals surface area contributed by atoms with Crippen molar-refractivity contribution in [1.29, 1.82) is 0 Å². The average molecular weight is 637 g/mol. The van der Waals surface area contributed by atoms with Crippen molar-refractivity contribution in [3.05, 3.63) is 65.7 Å². The van der Waals surface area contributed by atoms with Gasteiger partial charge in [0.1, 0.15) is 24.7 Å². The monoisotopic (exact) mass is 636 g/mol. The Morgan fingerprint density at radius 1 is 0.600 bits per heavy atom. The summed E-state index contributed by atoms with van der Waals surface area (Å²) in [4.78, 5) is 19.1. The van der Waals surface area contributed by atoms with E-state index in [-0.39, 0.29) is 19.0 Å². The molecule has 0 radical (unpaired) electrons. The summed E-state index contributed by atoms with van der Waals surface area (Å²) in [5.41, 5.74) is 2.33. The predicted molar refractivity (Wildman–Crippen MR) is 180 cm³/mol. The highest BCUT2D eigenvalue weighted by atomic mass is 31.2. The zero-order chi connectivity index (χ0) is 31.8. The molecule has 9 nitrogen and oxygen atoms in total. The number of carbonyl (C=O) groups is 1. The summed E-state index contributed by atoms with van der Waals surface area (Å²) in [6.45, 7) is 14.0. The Bertz CT molecular complexity index is 1420. The van der Waals surface area contributed by atoms with Gasteiger partial charge >= 0.3 is 0 Å². The summed E-state index contributed by atoms with van der Waals surface area (Å²) in [5, 5.41) is 1.62. The molecule has 2 aliphatic heterocycles. The number of nitrogens with zero attached hydrogens (tertiary/aromatic N) is 2. The molecule has 0 unspecified atom stereocenters. The van der Waals surface area contributed by atoms with Crippen LogP contribution >= 0.6 is 7.14 Å². The molecular formula is C35H45N2O7P. The van der Waals surface area contributed by atoms with E-state index in [9.17, 15) is 4.79 Å². The average Bonchev–Trinajstić information content (AvgIpc) is 3.06. The van der Waals surface area contributed by atoms with Gasteiger partial charge in [0.15, 0.2) is 7.14 Å². The van der Waals surface area contributed by atoms with Gasteiger partial charge in [-0.2, -0.15) is 0 Å². The fourth-order valence-electron chi connectivity index (χ4n) is 6.03. The van der Waals surface area contributed by atoms with Gasteiger partial charge in [-0.05, 0) is 39.8 Å². The van der Waals surface area contributed by atoms with Crippen LogP contribution < -0.4 is 35.2 Å². The van der Waals surface area contributed by atoms with E-state index in [1.54, 1.807) is 0 Å². The van der Waals surface area contributed by atoms with E-state index in [0.29, 0.717) is 78.2 Å². The number of carbonyl (C=O) groups excluding carboxylic acids is 1. The quantitative estimate of drug-likeness (QED) is 0.275. The van der Waals surface area contributed by atoms with Gasteiger partial charge in [-0.15, -0.1) is 0 Å². The van der Waals surface area contributed by atoms with Crippen LogP contribution in [0.5, 0.6) is 11.5 Å². The van der Waals surface area contributed by atoms with E-state index in [1.807, 2.05) is 54.6 Å². The maximum atomic E-state index is 16.1. The molecule has 0 fully saturated rings. The van der Waals surface area contributed by atoms with E-state index in [0.717, 1.165) is 37.6 Å². The van der Waals surface area contributed by atoms with Crippen LogP contribution in [-0.2, 0) is 18.8 Å². The maximum absolute atomic E-state index is 16.1. The molecule has 0 spiro atoms. The Kier molecular flexibility index (Phi) is 11.2. The molecule has 3 aromatic carbocycles. The first-order valence-corrected chi connectivity index (χ1v) is 17.7. The van der Waals surface area contributed by atoms with Crippen molar-refractivity contribution in [3.63, 3.8) is 0 Å². The normalized spacial score (nSPS) is 16.9. The van der Waals surface area contributed by atoms with Crippen LogP contribution in [0.3, 0.4) is 0 Å². The van der Waals surface area contributed by atoms with Gasteiger partial charge < -0.3 is 38.0 Å². The highest BCUT2D eigenvalue weighted by molar-refractivity contribution is 7.85. The standard InChI is InChI=1S/C35H45N2O7P/c1-5-36(6-2)26-22-29-33-31(24-26)45(39,28-12-10-9-11-13-28)32-25-27(37(7-3)8-4)23-30(34(32)35(33)38)44-21-19-42-17-15-40-14-16-41-18-20-43-29/h9-13,22-25H,5-8,14-21H2,1-4H3. The molecule has 0 atom stereocenters. The molecule has 2 heterocycles. The van der Waals surface area contributed by atoms with Gasteiger partial charge in [0, 0.05) is 65.6 Å². The van der Waals surface area contributed by atoms with Gasteiger partial charge in [0.2, 0.25) is 5.78 Å². The summed E-state index contributed by atoms with van der Waals surface area (Å²) < 4.78 is 45.8. The lowest BCUT2D eigenvalue weighted by Crippen LogP contribution is -2.39.